The predicted octanol–water partition coefficient (Wildman–Crippen LogP) is 0.0545. The molecule has 4 rings (SSSR count). The summed E-state index contributed by atoms with van der Waals surface area (Å²) in [4.78, 5) is 50.3. The number of fused-ring (bicyclic) bond motifs is 3. The van der Waals surface area contributed by atoms with Crippen molar-refractivity contribution in [3.8, 4) is 0 Å². The van der Waals surface area contributed by atoms with Crippen molar-refractivity contribution in [1.82, 2.24) is 25.3 Å². The molecule has 2 fully saturated rings. The Morgan fingerprint density at radius 1 is 1.25 bits per heavy atom. The van der Waals surface area contributed by atoms with Crippen LogP contribution < -0.4 is 21.7 Å². The lowest BCUT2D eigenvalue weighted by atomic mass is 10.00. The monoisotopic (exact) mass is 441 g/mol. The molecule has 32 heavy (non-hydrogen) atoms. The number of benzene rings is 1. The molecule has 1 saturated heterocycles. The van der Waals surface area contributed by atoms with Crippen molar-refractivity contribution in [2.45, 2.75) is 37.9 Å². The maximum absolute atomic E-state index is 13.1. The number of anilines is 1. The zero-order chi connectivity index (χ0) is 22.8. The van der Waals surface area contributed by atoms with Crippen molar-refractivity contribution < 1.29 is 19.2 Å². The first-order valence-electron chi connectivity index (χ1n) is 10.7. The molecule has 3 atom stereocenters. The largest absolute Gasteiger partial charge is 0.364 e. The SMILES string of the molecule is CNCCNC(=O)Nc1ccc2c(c1)c(C(N)=O)nn2CC(=O)N1C2CCC(C2)C1C=O. The molecular formula is C21H27N7O4. The van der Waals surface area contributed by atoms with Crippen LogP contribution in [0.2, 0.25) is 0 Å². The fourth-order valence-electron chi connectivity index (χ4n) is 4.82. The van der Waals surface area contributed by atoms with Gasteiger partial charge in [0.15, 0.2) is 5.69 Å². The van der Waals surface area contributed by atoms with Gasteiger partial charge in [0.1, 0.15) is 12.8 Å². The van der Waals surface area contributed by atoms with Gasteiger partial charge >= 0.3 is 6.03 Å². The third-order valence-electron chi connectivity index (χ3n) is 6.26. The van der Waals surface area contributed by atoms with E-state index in [-0.39, 0.29) is 36.1 Å². The minimum atomic E-state index is -0.734. The standard InChI is InChI=1S/C21H27N7O4/c1-23-6-7-24-21(32)25-13-3-5-16-15(9-13)19(20(22)31)26-27(16)10-18(30)28-14-4-2-12(8-14)17(28)11-29/h3,5,9,11-12,14,17,23H,2,4,6-8,10H2,1H3,(H2,22,31)(H2,24,25,32). The molecule has 4 amide bonds. The molecule has 3 unspecified atom stereocenters. The second-order valence-corrected chi connectivity index (χ2v) is 8.24. The number of carbonyl (C=O) groups excluding carboxylic acids is 4. The first-order valence-corrected chi connectivity index (χ1v) is 10.7. The van der Waals surface area contributed by atoms with Crippen LogP contribution >= 0.6 is 0 Å². The van der Waals surface area contributed by atoms with E-state index in [1.807, 2.05) is 0 Å². The van der Waals surface area contributed by atoms with Gasteiger partial charge in [0.25, 0.3) is 5.91 Å². The molecule has 170 valence electrons. The number of nitrogens with one attached hydrogen (secondary N) is 3. The van der Waals surface area contributed by atoms with E-state index in [0.29, 0.717) is 29.7 Å². The number of hydrogen-bond donors (Lipinski definition) is 4. The fraction of sp³-hybridized carbons (Fsp3) is 0.476. The number of likely N-dealkylation sites (tertiary alicyclic amines) is 1. The molecule has 2 heterocycles. The molecule has 0 radical (unpaired) electrons. The number of nitrogens with two attached hydrogens (primary N) is 1. The van der Waals surface area contributed by atoms with Gasteiger partial charge in [0, 0.05) is 30.2 Å². The third-order valence-corrected chi connectivity index (χ3v) is 6.26. The Morgan fingerprint density at radius 3 is 2.78 bits per heavy atom. The van der Waals surface area contributed by atoms with E-state index in [4.69, 9.17) is 5.73 Å². The Bertz CT molecular complexity index is 1070. The van der Waals surface area contributed by atoms with Crippen LogP contribution in [0.4, 0.5) is 10.5 Å². The second-order valence-electron chi connectivity index (χ2n) is 8.24. The van der Waals surface area contributed by atoms with Crippen molar-refractivity contribution in [3.05, 3.63) is 23.9 Å². The number of urea groups is 1. The first kappa shape index (κ1) is 21.8. The molecule has 2 aromatic rings. The predicted molar refractivity (Wildman–Crippen MR) is 117 cm³/mol. The van der Waals surface area contributed by atoms with Crippen molar-refractivity contribution in [2.75, 3.05) is 25.5 Å². The van der Waals surface area contributed by atoms with Crippen LogP contribution in [0, 0.1) is 5.92 Å². The summed E-state index contributed by atoms with van der Waals surface area (Å²) in [5.41, 5.74) is 6.53. The summed E-state index contributed by atoms with van der Waals surface area (Å²) >= 11 is 0. The number of rotatable bonds is 8. The highest BCUT2D eigenvalue weighted by atomic mass is 16.2. The van der Waals surface area contributed by atoms with E-state index in [1.54, 1.807) is 30.1 Å². The first-order chi connectivity index (χ1) is 15.4. The van der Waals surface area contributed by atoms with E-state index in [2.05, 4.69) is 21.0 Å². The number of aldehydes is 1. The summed E-state index contributed by atoms with van der Waals surface area (Å²) < 4.78 is 1.43. The number of hydrogen-bond acceptors (Lipinski definition) is 6. The molecule has 1 aliphatic heterocycles. The van der Waals surface area contributed by atoms with Gasteiger partial charge in [-0.2, -0.15) is 5.10 Å². The molecule has 2 aliphatic rings. The van der Waals surface area contributed by atoms with Gasteiger partial charge in [0.2, 0.25) is 5.91 Å². The molecule has 5 N–H and O–H groups in total. The quantitative estimate of drug-likeness (QED) is 0.336. The van der Waals surface area contributed by atoms with Gasteiger partial charge in [0.05, 0.1) is 11.6 Å². The second kappa shape index (κ2) is 8.95. The minimum Gasteiger partial charge on any atom is -0.364 e. The van der Waals surface area contributed by atoms with E-state index in [1.165, 1.54) is 4.68 Å². The van der Waals surface area contributed by atoms with Gasteiger partial charge in [-0.05, 0) is 50.4 Å². The number of carbonyl (C=O) groups is 4. The van der Waals surface area contributed by atoms with Crippen LogP contribution in [0.5, 0.6) is 0 Å². The zero-order valence-electron chi connectivity index (χ0n) is 17.8. The molecule has 0 spiro atoms. The smallest absolute Gasteiger partial charge is 0.319 e. The zero-order valence-corrected chi connectivity index (χ0v) is 17.8. The molecule has 11 heteroatoms. The summed E-state index contributed by atoms with van der Waals surface area (Å²) in [6.07, 6.45) is 3.58. The Labute approximate surface area is 184 Å². The highest BCUT2D eigenvalue weighted by Gasteiger charge is 2.47. The fourth-order valence-corrected chi connectivity index (χ4v) is 4.82. The molecular weight excluding hydrogens is 414 g/mol. The number of primary amides is 1. The summed E-state index contributed by atoms with van der Waals surface area (Å²) in [5.74, 6) is -0.714. The van der Waals surface area contributed by atoms with Crippen LogP contribution in [0.1, 0.15) is 29.8 Å². The highest BCUT2D eigenvalue weighted by Crippen LogP contribution is 2.41. The number of piperidine rings is 1. The Morgan fingerprint density at radius 2 is 2.06 bits per heavy atom. The van der Waals surface area contributed by atoms with Gasteiger partial charge in [-0.1, -0.05) is 0 Å². The lowest BCUT2D eigenvalue weighted by Gasteiger charge is -2.32. The lowest BCUT2D eigenvalue weighted by Crippen LogP contribution is -2.47. The third kappa shape index (κ3) is 4.03. The minimum absolute atomic E-state index is 0.0157. The Balaban J connectivity index is 1.56. The maximum Gasteiger partial charge on any atom is 0.319 e. The molecule has 11 nitrogen and oxygen atoms in total. The number of aromatic nitrogens is 2. The van der Waals surface area contributed by atoms with Crippen LogP contribution in [0.15, 0.2) is 18.2 Å². The summed E-state index contributed by atoms with van der Waals surface area (Å²) in [6, 6.07) is 4.26. The van der Waals surface area contributed by atoms with E-state index in [0.717, 1.165) is 25.5 Å². The van der Waals surface area contributed by atoms with E-state index >= 15 is 0 Å². The maximum atomic E-state index is 13.1. The average Bonchev–Trinajstić information content (AvgIpc) is 3.46. The van der Waals surface area contributed by atoms with Crippen LogP contribution in [0.3, 0.4) is 0 Å². The summed E-state index contributed by atoms with van der Waals surface area (Å²) in [7, 11) is 1.79. The highest BCUT2D eigenvalue weighted by molar-refractivity contribution is 6.06. The van der Waals surface area contributed by atoms with Gasteiger partial charge < -0.3 is 31.4 Å². The van der Waals surface area contributed by atoms with Crippen molar-refractivity contribution >= 4 is 40.7 Å². The topological polar surface area (TPSA) is 151 Å². The van der Waals surface area contributed by atoms with Crippen molar-refractivity contribution in [1.29, 1.82) is 0 Å². The molecule has 1 aromatic heterocycles. The molecule has 1 aromatic carbocycles. The molecule has 1 aliphatic carbocycles. The van der Waals surface area contributed by atoms with Crippen molar-refractivity contribution in [3.63, 3.8) is 0 Å². The van der Waals surface area contributed by atoms with Gasteiger partial charge in [-0.15, -0.1) is 0 Å². The summed E-state index contributed by atoms with van der Waals surface area (Å²) in [6.45, 7) is 0.981. The van der Waals surface area contributed by atoms with Gasteiger partial charge in [-0.25, -0.2) is 4.79 Å². The lowest BCUT2D eigenvalue weighted by molar-refractivity contribution is -0.139. The Kier molecular flexibility index (Phi) is 6.08. The van der Waals surface area contributed by atoms with Crippen LogP contribution in [-0.4, -0.2) is 71.0 Å². The van der Waals surface area contributed by atoms with Crippen LogP contribution in [0.25, 0.3) is 10.9 Å². The Hall–Kier alpha value is -3.47. The summed E-state index contributed by atoms with van der Waals surface area (Å²) in [5, 5.41) is 13.0. The van der Waals surface area contributed by atoms with Crippen LogP contribution in [-0.2, 0) is 16.1 Å². The van der Waals surface area contributed by atoms with E-state index in [9.17, 15) is 19.2 Å². The number of amides is 4. The number of likely N-dealkylation sites (N-methyl/N-ethyl adjacent to an activating group) is 1. The average molecular weight is 441 g/mol. The normalized spacial score (nSPS) is 21.7. The van der Waals surface area contributed by atoms with Crippen molar-refractivity contribution in [2.24, 2.45) is 11.7 Å². The molecule has 2 bridgehead atoms. The molecule has 1 saturated carbocycles. The van der Waals surface area contributed by atoms with Gasteiger partial charge in [-0.3, -0.25) is 14.3 Å². The van der Waals surface area contributed by atoms with E-state index < -0.39 is 11.9 Å². The number of nitrogens with zero attached hydrogens (tertiary/aromatic N) is 3.